The Bertz CT molecular complexity index is 352. The molecule has 1 heteroatoms. The van der Waals surface area contributed by atoms with Gasteiger partial charge in [0.2, 0.25) is 0 Å². The first kappa shape index (κ1) is 9.85. The lowest BCUT2D eigenvalue weighted by Gasteiger charge is -2.15. The summed E-state index contributed by atoms with van der Waals surface area (Å²) in [5, 5.41) is 2.23. The van der Waals surface area contributed by atoms with Crippen molar-refractivity contribution in [3.8, 4) is 0 Å². The van der Waals surface area contributed by atoms with Crippen molar-refractivity contribution in [1.29, 1.82) is 0 Å². The normalized spacial score (nSPS) is 20.3. The van der Waals surface area contributed by atoms with Crippen molar-refractivity contribution in [1.82, 2.24) is 0 Å². The Kier molecular flexibility index (Phi) is 2.97. The molecule has 0 N–H and O–H groups in total. The van der Waals surface area contributed by atoms with Crippen molar-refractivity contribution in [3.63, 3.8) is 0 Å². The lowest BCUT2D eigenvalue weighted by molar-refractivity contribution is 0.664. The maximum atomic E-state index is 2.30. The highest BCUT2D eigenvalue weighted by Crippen LogP contribution is 2.36. The predicted molar refractivity (Wildman–Crippen MR) is 63.8 cm³/mol. The minimum absolute atomic E-state index is 0.719. The van der Waals surface area contributed by atoms with Gasteiger partial charge in [-0.1, -0.05) is 36.9 Å². The van der Waals surface area contributed by atoms with Crippen LogP contribution in [0.25, 0.3) is 0 Å². The van der Waals surface area contributed by atoms with E-state index in [1.165, 1.54) is 28.9 Å². The summed E-state index contributed by atoms with van der Waals surface area (Å²) in [5.74, 6) is 0.719. The largest absolute Gasteiger partial charge is 0.0981 e. The Morgan fingerprint density at radius 3 is 3.07 bits per heavy atom. The van der Waals surface area contributed by atoms with Crippen molar-refractivity contribution >= 4 is 11.8 Å². The molecule has 0 saturated heterocycles. The zero-order valence-corrected chi connectivity index (χ0v) is 9.60. The number of rotatable bonds is 1. The number of hydrogen-bond acceptors (Lipinski definition) is 1. The van der Waals surface area contributed by atoms with E-state index in [1.54, 1.807) is 0 Å². The first-order valence-corrected chi connectivity index (χ1v) is 6.11. The van der Waals surface area contributed by atoms with Crippen LogP contribution in [0.2, 0.25) is 0 Å². The molecule has 0 fully saturated rings. The van der Waals surface area contributed by atoms with Crippen LogP contribution in [0.5, 0.6) is 0 Å². The molecule has 14 heavy (non-hydrogen) atoms. The van der Waals surface area contributed by atoms with Crippen LogP contribution < -0.4 is 0 Å². The molecule has 0 saturated carbocycles. The zero-order valence-electron chi connectivity index (χ0n) is 8.79. The molecule has 1 aliphatic heterocycles. The fourth-order valence-electron chi connectivity index (χ4n) is 1.94. The molecule has 0 bridgehead atoms. The van der Waals surface area contributed by atoms with E-state index in [2.05, 4.69) is 43.5 Å². The summed E-state index contributed by atoms with van der Waals surface area (Å²) in [7, 11) is 0. The summed E-state index contributed by atoms with van der Waals surface area (Å²) < 4.78 is 0. The second kappa shape index (κ2) is 4.22. The Morgan fingerprint density at radius 2 is 2.29 bits per heavy atom. The van der Waals surface area contributed by atoms with Crippen LogP contribution >= 0.6 is 11.8 Å². The molecule has 1 atom stereocenters. The molecule has 74 valence electrons. The highest BCUT2D eigenvalue weighted by atomic mass is 32.2. The van der Waals surface area contributed by atoms with Crippen LogP contribution in [0.4, 0.5) is 0 Å². The summed E-state index contributed by atoms with van der Waals surface area (Å²) in [6.07, 6.45) is 4.73. The molecule has 0 radical (unpaired) electrons. The van der Waals surface area contributed by atoms with Crippen molar-refractivity contribution in [2.24, 2.45) is 0 Å². The second-order valence-electron chi connectivity index (χ2n) is 3.87. The average molecular weight is 204 g/mol. The van der Waals surface area contributed by atoms with Crippen LogP contribution in [0.15, 0.2) is 34.6 Å². The fraction of sp³-hybridized carbons (Fsp3) is 0.385. The van der Waals surface area contributed by atoms with Crippen molar-refractivity contribution in [2.75, 3.05) is 0 Å². The number of allylic oxidation sites excluding steroid dienone is 1. The van der Waals surface area contributed by atoms with Crippen molar-refractivity contribution < 1.29 is 0 Å². The number of hydrogen-bond donors (Lipinski definition) is 0. The number of fused-ring (bicyclic) bond motifs is 1. The van der Waals surface area contributed by atoms with E-state index < -0.39 is 0 Å². The third-order valence-electron chi connectivity index (χ3n) is 2.81. The number of aryl methyl sites for hydroxylation is 1. The van der Waals surface area contributed by atoms with E-state index in [4.69, 9.17) is 0 Å². The minimum atomic E-state index is 0.719. The van der Waals surface area contributed by atoms with Gasteiger partial charge in [-0.15, -0.1) is 0 Å². The van der Waals surface area contributed by atoms with Crippen LogP contribution in [-0.2, 0) is 0 Å². The monoisotopic (exact) mass is 204 g/mol. The Balaban J connectivity index is 2.44. The van der Waals surface area contributed by atoms with Crippen LogP contribution in [0.3, 0.4) is 0 Å². The first-order valence-electron chi connectivity index (χ1n) is 5.23. The Hall–Kier alpha value is -0.690. The van der Waals surface area contributed by atoms with Gasteiger partial charge in [-0.05, 0) is 48.3 Å². The quantitative estimate of drug-likeness (QED) is 0.649. The molecular weight excluding hydrogens is 188 g/mol. The second-order valence-corrected chi connectivity index (χ2v) is 4.82. The summed E-state index contributed by atoms with van der Waals surface area (Å²) in [6.45, 7) is 4.44. The molecule has 1 aliphatic rings. The first-order chi connectivity index (χ1) is 6.81. The molecule has 0 spiro atoms. The number of benzene rings is 1. The molecule has 1 aromatic rings. The molecule has 0 aromatic heterocycles. The summed E-state index contributed by atoms with van der Waals surface area (Å²) in [4.78, 5) is 1.45. The van der Waals surface area contributed by atoms with E-state index >= 15 is 0 Å². The van der Waals surface area contributed by atoms with Crippen molar-refractivity contribution in [2.45, 2.75) is 37.5 Å². The Labute approximate surface area is 90.4 Å². The summed E-state index contributed by atoms with van der Waals surface area (Å²) in [5.41, 5.74) is 2.90. The molecule has 0 nitrogen and oxygen atoms in total. The molecule has 2 rings (SSSR count). The topological polar surface area (TPSA) is 0 Å². The number of thioether (sulfide) groups is 1. The van der Waals surface area contributed by atoms with Gasteiger partial charge in [-0.3, -0.25) is 0 Å². The Morgan fingerprint density at radius 1 is 1.43 bits per heavy atom. The van der Waals surface area contributed by atoms with Crippen molar-refractivity contribution in [3.05, 3.63) is 40.8 Å². The fourth-order valence-corrected chi connectivity index (χ4v) is 2.91. The predicted octanol–water partition coefficient (Wildman–Crippen LogP) is 4.50. The van der Waals surface area contributed by atoms with Gasteiger partial charge < -0.3 is 0 Å². The van der Waals surface area contributed by atoms with Gasteiger partial charge in [0.15, 0.2) is 0 Å². The van der Waals surface area contributed by atoms with Gasteiger partial charge in [-0.2, -0.15) is 0 Å². The van der Waals surface area contributed by atoms with Crippen LogP contribution in [-0.4, -0.2) is 0 Å². The van der Waals surface area contributed by atoms with Gasteiger partial charge in [0.05, 0.1) is 0 Å². The van der Waals surface area contributed by atoms with Gasteiger partial charge >= 0.3 is 0 Å². The minimum Gasteiger partial charge on any atom is -0.0981 e. The molecule has 1 heterocycles. The smallest absolute Gasteiger partial charge is 0.0153 e. The average Bonchev–Trinajstić information content (AvgIpc) is 2.38. The third-order valence-corrected chi connectivity index (χ3v) is 3.75. The van der Waals surface area contributed by atoms with Crippen LogP contribution in [0, 0.1) is 6.92 Å². The molecular formula is C13H16S. The van der Waals surface area contributed by atoms with E-state index in [0.29, 0.717) is 0 Å². The summed E-state index contributed by atoms with van der Waals surface area (Å²) in [6, 6.07) is 6.84. The lowest BCUT2D eigenvalue weighted by atomic mass is 9.93. The molecule has 1 unspecified atom stereocenters. The van der Waals surface area contributed by atoms with E-state index in [-0.39, 0.29) is 0 Å². The van der Waals surface area contributed by atoms with Crippen LogP contribution in [0.1, 0.15) is 36.8 Å². The summed E-state index contributed by atoms with van der Waals surface area (Å²) >= 11 is 1.86. The standard InChI is InChI=1S/C13H16S/c1-3-11-5-4-8-14-13-9-10(2)6-7-12(11)13/h4,6-9,11H,3,5H2,1-2H3. The van der Waals surface area contributed by atoms with Gasteiger partial charge in [-0.25, -0.2) is 0 Å². The van der Waals surface area contributed by atoms with Gasteiger partial charge in [0.25, 0.3) is 0 Å². The highest BCUT2D eigenvalue weighted by molar-refractivity contribution is 8.02. The van der Waals surface area contributed by atoms with Gasteiger partial charge in [0, 0.05) is 4.90 Å². The van der Waals surface area contributed by atoms with E-state index in [0.717, 1.165) is 5.92 Å². The highest BCUT2D eigenvalue weighted by Gasteiger charge is 2.14. The third kappa shape index (κ3) is 1.88. The zero-order chi connectivity index (χ0) is 9.97. The lowest BCUT2D eigenvalue weighted by Crippen LogP contribution is -1.96. The maximum Gasteiger partial charge on any atom is 0.0153 e. The van der Waals surface area contributed by atoms with Gasteiger partial charge in [0.1, 0.15) is 0 Å². The molecule has 1 aromatic carbocycles. The molecule has 0 amide bonds. The SMILES string of the molecule is CCC1CC=CSc2cc(C)ccc21. The van der Waals surface area contributed by atoms with E-state index in [1.807, 2.05) is 11.8 Å². The maximum absolute atomic E-state index is 2.30. The van der Waals surface area contributed by atoms with E-state index in [9.17, 15) is 0 Å². The molecule has 0 aliphatic carbocycles.